The van der Waals surface area contributed by atoms with E-state index in [9.17, 15) is 9.18 Å². The quantitative estimate of drug-likeness (QED) is 0.680. The summed E-state index contributed by atoms with van der Waals surface area (Å²) in [7, 11) is 0. The van der Waals surface area contributed by atoms with E-state index in [2.05, 4.69) is 4.98 Å². The third kappa shape index (κ3) is 3.55. The molecule has 26 heavy (non-hydrogen) atoms. The lowest BCUT2D eigenvalue weighted by Gasteiger charge is -2.31. The first-order valence-corrected chi connectivity index (χ1v) is 9.59. The Bertz CT molecular complexity index is 891. The third-order valence-corrected chi connectivity index (χ3v) is 5.54. The van der Waals surface area contributed by atoms with Crippen molar-refractivity contribution in [3.05, 3.63) is 75.9 Å². The van der Waals surface area contributed by atoms with Crippen LogP contribution in [0, 0.1) is 5.82 Å². The first-order valence-electron chi connectivity index (χ1n) is 8.71. The maximum absolute atomic E-state index is 13.8. The highest BCUT2D eigenvalue weighted by atomic mass is 32.1. The SMILES string of the molecule is O=C(c1cccs1)N1CCC[C@H](c2ncc(Cc3ccccc3F)o2)C1. The normalized spacial score (nSPS) is 17.4. The smallest absolute Gasteiger partial charge is 0.263 e. The second-order valence-electron chi connectivity index (χ2n) is 6.50. The van der Waals surface area contributed by atoms with Crippen LogP contribution >= 0.6 is 11.3 Å². The fourth-order valence-electron chi connectivity index (χ4n) is 3.34. The lowest BCUT2D eigenvalue weighted by molar-refractivity contribution is 0.0703. The Labute approximate surface area is 155 Å². The first kappa shape index (κ1) is 17.0. The van der Waals surface area contributed by atoms with Crippen molar-refractivity contribution >= 4 is 17.2 Å². The van der Waals surface area contributed by atoms with Gasteiger partial charge in [0.2, 0.25) is 0 Å². The van der Waals surface area contributed by atoms with Gasteiger partial charge in [-0.2, -0.15) is 0 Å². The van der Waals surface area contributed by atoms with Gasteiger partial charge in [0.05, 0.1) is 17.0 Å². The molecule has 134 valence electrons. The van der Waals surface area contributed by atoms with Crippen molar-refractivity contribution in [2.24, 2.45) is 0 Å². The van der Waals surface area contributed by atoms with Crippen LogP contribution in [0.15, 0.2) is 52.4 Å². The van der Waals surface area contributed by atoms with Crippen LogP contribution in [-0.2, 0) is 6.42 Å². The second-order valence-corrected chi connectivity index (χ2v) is 7.45. The zero-order valence-electron chi connectivity index (χ0n) is 14.2. The first-order chi connectivity index (χ1) is 12.7. The highest BCUT2D eigenvalue weighted by molar-refractivity contribution is 7.12. The minimum absolute atomic E-state index is 0.0721. The van der Waals surface area contributed by atoms with Gasteiger partial charge in [-0.05, 0) is 35.9 Å². The summed E-state index contributed by atoms with van der Waals surface area (Å²) >= 11 is 1.46. The van der Waals surface area contributed by atoms with Crippen LogP contribution in [0.4, 0.5) is 4.39 Å². The van der Waals surface area contributed by atoms with Crippen molar-refractivity contribution in [1.82, 2.24) is 9.88 Å². The van der Waals surface area contributed by atoms with E-state index in [0.717, 1.165) is 24.3 Å². The molecule has 1 fully saturated rings. The van der Waals surface area contributed by atoms with Gasteiger partial charge in [-0.3, -0.25) is 4.79 Å². The number of rotatable bonds is 4. The Morgan fingerprint density at radius 3 is 3.00 bits per heavy atom. The summed E-state index contributed by atoms with van der Waals surface area (Å²) in [5.74, 6) is 1.20. The van der Waals surface area contributed by atoms with Crippen LogP contribution in [0.3, 0.4) is 0 Å². The molecule has 1 aromatic carbocycles. The van der Waals surface area contributed by atoms with Crippen LogP contribution in [0.25, 0.3) is 0 Å². The minimum Gasteiger partial charge on any atom is -0.445 e. The zero-order chi connectivity index (χ0) is 17.9. The molecule has 0 radical (unpaired) electrons. The fraction of sp³-hybridized carbons (Fsp3) is 0.300. The van der Waals surface area contributed by atoms with E-state index in [1.54, 1.807) is 18.3 Å². The molecule has 4 rings (SSSR count). The van der Waals surface area contributed by atoms with E-state index >= 15 is 0 Å². The standard InChI is InChI=1S/C20H19FN2O2S/c21-17-7-2-1-5-14(17)11-16-12-22-19(25-16)15-6-3-9-23(13-15)20(24)18-8-4-10-26-18/h1-2,4-5,7-8,10,12,15H,3,6,9,11,13H2/t15-/m0/s1. The Kier molecular flexibility index (Phi) is 4.84. The zero-order valence-corrected chi connectivity index (χ0v) is 15.0. The number of thiophene rings is 1. The van der Waals surface area contributed by atoms with Gasteiger partial charge in [-0.15, -0.1) is 11.3 Å². The van der Waals surface area contributed by atoms with Crippen molar-refractivity contribution < 1.29 is 13.6 Å². The van der Waals surface area contributed by atoms with E-state index in [0.29, 0.717) is 30.2 Å². The molecule has 6 heteroatoms. The molecular formula is C20H19FN2O2S. The van der Waals surface area contributed by atoms with Crippen molar-refractivity contribution in [1.29, 1.82) is 0 Å². The molecule has 1 amide bonds. The Morgan fingerprint density at radius 2 is 2.19 bits per heavy atom. The van der Waals surface area contributed by atoms with Crippen LogP contribution < -0.4 is 0 Å². The summed E-state index contributed by atoms with van der Waals surface area (Å²) in [6, 6.07) is 10.4. The molecule has 4 nitrogen and oxygen atoms in total. The van der Waals surface area contributed by atoms with Gasteiger partial charge in [0.1, 0.15) is 11.6 Å². The number of benzene rings is 1. The van der Waals surface area contributed by atoms with Gasteiger partial charge in [0, 0.05) is 19.5 Å². The van der Waals surface area contributed by atoms with Crippen LogP contribution in [-0.4, -0.2) is 28.9 Å². The second kappa shape index (κ2) is 7.41. The molecule has 3 aromatic rings. The molecular weight excluding hydrogens is 351 g/mol. The van der Waals surface area contributed by atoms with E-state index < -0.39 is 0 Å². The minimum atomic E-state index is -0.240. The average Bonchev–Trinajstić information content (AvgIpc) is 3.35. The number of oxazole rings is 1. The van der Waals surface area contributed by atoms with Crippen molar-refractivity contribution in [3.63, 3.8) is 0 Å². The summed E-state index contributed by atoms with van der Waals surface area (Å²) in [6.45, 7) is 1.37. The third-order valence-electron chi connectivity index (χ3n) is 4.68. The predicted molar refractivity (Wildman–Crippen MR) is 97.9 cm³/mol. The maximum Gasteiger partial charge on any atom is 0.263 e. The number of hydrogen-bond donors (Lipinski definition) is 0. The van der Waals surface area contributed by atoms with Gasteiger partial charge >= 0.3 is 0 Å². The number of aromatic nitrogens is 1. The van der Waals surface area contributed by atoms with E-state index in [-0.39, 0.29) is 17.6 Å². The molecule has 1 atom stereocenters. The number of hydrogen-bond acceptors (Lipinski definition) is 4. The molecule has 0 N–H and O–H groups in total. The van der Waals surface area contributed by atoms with Gasteiger partial charge in [-0.1, -0.05) is 24.3 Å². The molecule has 0 spiro atoms. The maximum atomic E-state index is 13.8. The highest BCUT2D eigenvalue weighted by Crippen LogP contribution is 2.28. The number of piperidine rings is 1. The number of amides is 1. The topological polar surface area (TPSA) is 46.3 Å². The summed E-state index contributed by atoms with van der Waals surface area (Å²) in [5.41, 5.74) is 0.591. The van der Waals surface area contributed by atoms with E-state index in [4.69, 9.17) is 4.42 Å². The molecule has 1 aliphatic rings. The lowest BCUT2D eigenvalue weighted by atomic mass is 9.98. The van der Waals surface area contributed by atoms with Crippen molar-refractivity contribution in [2.45, 2.75) is 25.2 Å². The van der Waals surface area contributed by atoms with Crippen molar-refractivity contribution in [3.8, 4) is 0 Å². The summed E-state index contributed by atoms with van der Waals surface area (Å²) in [6.07, 6.45) is 3.91. The molecule has 0 aliphatic carbocycles. The molecule has 0 bridgehead atoms. The van der Waals surface area contributed by atoms with E-state index in [1.165, 1.54) is 17.4 Å². The van der Waals surface area contributed by atoms with Gasteiger partial charge in [0.25, 0.3) is 5.91 Å². The number of carbonyl (C=O) groups excluding carboxylic acids is 1. The highest BCUT2D eigenvalue weighted by Gasteiger charge is 2.28. The predicted octanol–water partition coefficient (Wildman–Crippen LogP) is 4.49. The van der Waals surface area contributed by atoms with Gasteiger partial charge < -0.3 is 9.32 Å². The Morgan fingerprint density at radius 1 is 1.31 bits per heavy atom. The van der Waals surface area contributed by atoms with Gasteiger partial charge in [-0.25, -0.2) is 9.37 Å². The number of likely N-dealkylation sites (tertiary alicyclic amines) is 1. The summed E-state index contributed by atoms with van der Waals surface area (Å²) < 4.78 is 19.7. The Hall–Kier alpha value is -2.47. The number of halogens is 1. The molecule has 0 unspecified atom stereocenters. The van der Waals surface area contributed by atoms with Crippen molar-refractivity contribution in [2.75, 3.05) is 13.1 Å². The van der Waals surface area contributed by atoms with Gasteiger partial charge in [0.15, 0.2) is 5.89 Å². The fourth-order valence-corrected chi connectivity index (χ4v) is 4.03. The van der Waals surface area contributed by atoms with E-state index in [1.807, 2.05) is 28.5 Å². The summed E-state index contributed by atoms with van der Waals surface area (Å²) in [5, 5.41) is 1.91. The largest absolute Gasteiger partial charge is 0.445 e. The average molecular weight is 370 g/mol. The lowest BCUT2D eigenvalue weighted by Crippen LogP contribution is -2.38. The molecule has 0 saturated carbocycles. The number of nitrogens with zero attached hydrogens (tertiary/aromatic N) is 2. The monoisotopic (exact) mass is 370 g/mol. The molecule has 3 heterocycles. The van der Waals surface area contributed by atoms with Crippen LogP contribution in [0.5, 0.6) is 0 Å². The number of carbonyl (C=O) groups is 1. The van der Waals surface area contributed by atoms with Crippen LogP contribution in [0.1, 0.15) is 45.6 Å². The van der Waals surface area contributed by atoms with Crippen LogP contribution in [0.2, 0.25) is 0 Å². The molecule has 1 saturated heterocycles. The molecule has 1 aliphatic heterocycles. The summed E-state index contributed by atoms with van der Waals surface area (Å²) in [4.78, 5) is 19.6. The Balaban J connectivity index is 1.45. The molecule has 2 aromatic heterocycles.